The van der Waals surface area contributed by atoms with Crippen LogP contribution in [0.2, 0.25) is 0 Å². The van der Waals surface area contributed by atoms with Crippen molar-refractivity contribution in [2.75, 3.05) is 19.8 Å². The lowest BCUT2D eigenvalue weighted by Crippen LogP contribution is -2.32. The van der Waals surface area contributed by atoms with Crippen LogP contribution in [0, 0.1) is 6.92 Å². The van der Waals surface area contributed by atoms with E-state index in [0.29, 0.717) is 19.8 Å². The van der Waals surface area contributed by atoms with E-state index in [9.17, 15) is 0 Å². The van der Waals surface area contributed by atoms with Gasteiger partial charge in [0.05, 0.1) is 48.9 Å². The molecular weight excluding hydrogens is 276 g/mol. The molecule has 0 N–H and O–H groups in total. The number of imidazole rings is 1. The van der Waals surface area contributed by atoms with Crippen LogP contribution < -0.4 is 0 Å². The quantitative estimate of drug-likeness (QED) is 0.816. The Balaban J connectivity index is 2.01. The zero-order chi connectivity index (χ0) is 14.1. The summed E-state index contributed by atoms with van der Waals surface area (Å²) in [6, 6.07) is 6.26. The van der Waals surface area contributed by atoms with Crippen molar-refractivity contribution >= 4 is 22.6 Å². The Hall–Kier alpha value is -1.10. The zero-order valence-corrected chi connectivity index (χ0v) is 12.6. The molecule has 4 nitrogen and oxygen atoms in total. The van der Waals surface area contributed by atoms with Crippen molar-refractivity contribution in [3.05, 3.63) is 29.6 Å². The lowest BCUT2D eigenvalue weighted by Gasteiger charge is -2.24. The molecular formula is C15H19ClN2O2. The van der Waals surface area contributed by atoms with Gasteiger partial charge in [-0.15, -0.1) is 11.6 Å². The maximum absolute atomic E-state index is 6.28. The van der Waals surface area contributed by atoms with Crippen LogP contribution in [0.5, 0.6) is 0 Å². The molecule has 1 aromatic carbocycles. The molecule has 2 aromatic rings. The second-order valence-electron chi connectivity index (χ2n) is 5.26. The summed E-state index contributed by atoms with van der Waals surface area (Å²) in [6.45, 7) is 6.72. The fourth-order valence-electron chi connectivity index (χ4n) is 2.59. The smallest absolute Gasteiger partial charge is 0.127 e. The van der Waals surface area contributed by atoms with E-state index >= 15 is 0 Å². The minimum Gasteiger partial charge on any atom is -0.376 e. The minimum absolute atomic E-state index is 0.0656. The van der Waals surface area contributed by atoms with Crippen LogP contribution in [0.15, 0.2) is 18.2 Å². The summed E-state index contributed by atoms with van der Waals surface area (Å²) in [4.78, 5) is 4.65. The van der Waals surface area contributed by atoms with Crippen molar-refractivity contribution in [3.63, 3.8) is 0 Å². The Bertz CT molecular complexity index is 603. The Morgan fingerprint density at radius 1 is 1.45 bits per heavy atom. The number of hydrogen-bond donors (Lipinski definition) is 0. The topological polar surface area (TPSA) is 36.3 Å². The maximum atomic E-state index is 6.28. The zero-order valence-electron chi connectivity index (χ0n) is 11.8. The van der Waals surface area contributed by atoms with Gasteiger partial charge in [0.2, 0.25) is 0 Å². The van der Waals surface area contributed by atoms with E-state index in [1.54, 1.807) is 0 Å². The summed E-state index contributed by atoms with van der Waals surface area (Å²) >= 11 is 6.28. The Kier molecular flexibility index (Phi) is 3.96. The van der Waals surface area contributed by atoms with E-state index in [2.05, 4.69) is 28.6 Å². The van der Waals surface area contributed by atoms with E-state index < -0.39 is 0 Å². The highest BCUT2D eigenvalue weighted by Crippen LogP contribution is 2.26. The summed E-state index contributed by atoms with van der Waals surface area (Å²) in [5, 5.41) is -0.132. The molecule has 1 aliphatic rings. The van der Waals surface area contributed by atoms with Crippen LogP contribution in [-0.4, -0.2) is 35.5 Å². The molecule has 0 saturated carbocycles. The van der Waals surface area contributed by atoms with Crippen LogP contribution >= 0.6 is 11.6 Å². The van der Waals surface area contributed by atoms with Gasteiger partial charge in [0.25, 0.3) is 0 Å². The number of fused-ring (bicyclic) bond motifs is 1. The standard InChI is InChI=1S/C15H19ClN2O2/c1-10-3-4-13-14(7-10)18(15(17-13)11(2)16)8-12-9-19-5-6-20-12/h3-4,7,11-12H,5-6,8-9H2,1-2H3. The van der Waals surface area contributed by atoms with Crippen molar-refractivity contribution in [3.8, 4) is 0 Å². The van der Waals surface area contributed by atoms with Gasteiger partial charge in [-0.2, -0.15) is 0 Å². The van der Waals surface area contributed by atoms with Crippen LogP contribution in [-0.2, 0) is 16.0 Å². The van der Waals surface area contributed by atoms with Crippen molar-refractivity contribution in [1.82, 2.24) is 9.55 Å². The van der Waals surface area contributed by atoms with Gasteiger partial charge in [-0.3, -0.25) is 0 Å². The first kappa shape index (κ1) is 13.9. The van der Waals surface area contributed by atoms with E-state index in [0.717, 1.165) is 23.4 Å². The molecule has 2 atom stereocenters. The van der Waals surface area contributed by atoms with Gasteiger partial charge in [-0.1, -0.05) is 6.07 Å². The van der Waals surface area contributed by atoms with Gasteiger partial charge < -0.3 is 14.0 Å². The van der Waals surface area contributed by atoms with E-state index in [4.69, 9.17) is 21.1 Å². The largest absolute Gasteiger partial charge is 0.376 e. The molecule has 1 saturated heterocycles. The number of rotatable bonds is 3. The minimum atomic E-state index is -0.132. The molecule has 20 heavy (non-hydrogen) atoms. The van der Waals surface area contributed by atoms with Crippen molar-refractivity contribution in [1.29, 1.82) is 0 Å². The molecule has 0 amide bonds. The third-order valence-electron chi connectivity index (χ3n) is 3.56. The van der Waals surface area contributed by atoms with E-state index in [-0.39, 0.29) is 11.5 Å². The van der Waals surface area contributed by atoms with Crippen LogP contribution in [0.3, 0.4) is 0 Å². The normalized spacial score (nSPS) is 21.2. The van der Waals surface area contributed by atoms with E-state index in [1.807, 2.05) is 13.0 Å². The Morgan fingerprint density at radius 2 is 2.30 bits per heavy atom. The number of ether oxygens (including phenoxy) is 2. The molecule has 0 spiro atoms. The number of benzene rings is 1. The molecule has 1 aliphatic heterocycles. The van der Waals surface area contributed by atoms with Crippen molar-refractivity contribution in [2.45, 2.75) is 31.9 Å². The average molecular weight is 295 g/mol. The number of nitrogens with zero attached hydrogens (tertiary/aromatic N) is 2. The second-order valence-corrected chi connectivity index (χ2v) is 5.91. The highest BCUT2D eigenvalue weighted by molar-refractivity contribution is 6.20. The number of aryl methyl sites for hydroxylation is 1. The molecule has 0 radical (unpaired) electrons. The monoisotopic (exact) mass is 294 g/mol. The van der Waals surface area contributed by atoms with Crippen LogP contribution in [0.25, 0.3) is 11.0 Å². The second kappa shape index (κ2) is 5.72. The van der Waals surface area contributed by atoms with Crippen molar-refractivity contribution < 1.29 is 9.47 Å². The third-order valence-corrected chi connectivity index (χ3v) is 3.76. The first-order valence-corrected chi connectivity index (χ1v) is 7.39. The van der Waals surface area contributed by atoms with Gasteiger partial charge >= 0.3 is 0 Å². The molecule has 0 bridgehead atoms. The fraction of sp³-hybridized carbons (Fsp3) is 0.533. The Morgan fingerprint density at radius 3 is 3.00 bits per heavy atom. The molecule has 0 aliphatic carbocycles. The molecule has 1 aromatic heterocycles. The van der Waals surface area contributed by atoms with Gasteiger partial charge in [-0.05, 0) is 31.5 Å². The summed E-state index contributed by atoms with van der Waals surface area (Å²) in [5.41, 5.74) is 3.31. The van der Waals surface area contributed by atoms with Crippen molar-refractivity contribution in [2.24, 2.45) is 0 Å². The lowest BCUT2D eigenvalue weighted by molar-refractivity contribution is -0.0934. The number of hydrogen-bond acceptors (Lipinski definition) is 3. The maximum Gasteiger partial charge on any atom is 0.127 e. The third kappa shape index (κ3) is 2.68. The molecule has 1 fully saturated rings. The number of alkyl halides is 1. The summed E-state index contributed by atoms with van der Waals surface area (Å²) < 4.78 is 13.4. The van der Waals surface area contributed by atoms with Crippen LogP contribution in [0.4, 0.5) is 0 Å². The molecule has 5 heteroatoms. The summed E-state index contributed by atoms with van der Waals surface area (Å²) in [6.07, 6.45) is 0.0656. The predicted molar refractivity (Wildman–Crippen MR) is 79.3 cm³/mol. The number of halogens is 1. The fourth-order valence-corrected chi connectivity index (χ4v) is 2.76. The first-order valence-electron chi connectivity index (χ1n) is 6.95. The Labute approximate surface area is 123 Å². The van der Waals surface area contributed by atoms with Gasteiger partial charge in [-0.25, -0.2) is 4.98 Å². The van der Waals surface area contributed by atoms with E-state index in [1.165, 1.54) is 5.56 Å². The highest BCUT2D eigenvalue weighted by Gasteiger charge is 2.20. The first-order chi connectivity index (χ1) is 9.65. The lowest BCUT2D eigenvalue weighted by atomic mass is 10.2. The van der Waals surface area contributed by atoms with Crippen LogP contribution in [0.1, 0.15) is 23.7 Å². The van der Waals surface area contributed by atoms with Gasteiger partial charge in [0, 0.05) is 0 Å². The number of aromatic nitrogens is 2. The molecule has 2 heterocycles. The SMILES string of the molecule is Cc1ccc2nc(C(C)Cl)n(CC3COCCO3)c2c1. The summed E-state index contributed by atoms with van der Waals surface area (Å²) in [5.74, 6) is 0.890. The highest BCUT2D eigenvalue weighted by atomic mass is 35.5. The summed E-state index contributed by atoms with van der Waals surface area (Å²) in [7, 11) is 0. The predicted octanol–water partition coefficient (Wildman–Crippen LogP) is 3.06. The molecule has 2 unspecified atom stereocenters. The molecule has 3 rings (SSSR count). The average Bonchev–Trinajstić information content (AvgIpc) is 2.78. The molecule has 108 valence electrons. The van der Waals surface area contributed by atoms with Gasteiger partial charge in [0.1, 0.15) is 5.82 Å². The van der Waals surface area contributed by atoms with Gasteiger partial charge in [0.15, 0.2) is 0 Å².